The summed E-state index contributed by atoms with van der Waals surface area (Å²) in [4.78, 5) is 12.6. The highest BCUT2D eigenvalue weighted by molar-refractivity contribution is 6.30. The van der Waals surface area contributed by atoms with Crippen LogP contribution in [0.25, 0.3) is 16.9 Å². The first-order valence-corrected chi connectivity index (χ1v) is 12.1. The molecule has 5 rings (SSSR count). The summed E-state index contributed by atoms with van der Waals surface area (Å²) in [5, 5.41) is 4.43. The molecular weight excluding hydrogens is 467 g/mol. The predicted octanol–water partition coefficient (Wildman–Crippen LogP) is 6.64. The SMILES string of the molecule is O=C(CCc1cc2c(n1-c1ccc(Cl)cc1)-c1ccccc1OC2)NCCc1cccc(Cl)c1. The van der Waals surface area contributed by atoms with E-state index >= 15 is 0 Å². The zero-order chi connectivity index (χ0) is 23.5. The van der Waals surface area contributed by atoms with Gasteiger partial charge in [-0.2, -0.15) is 0 Å². The Morgan fingerprint density at radius 3 is 2.56 bits per heavy atom. The average Bonchev–Trinajstić information content (AvgIpc) is 3.22. The van der Waals surface area contributed by atoms with E-state index in [9.17, 15) is 4.79 Å². The van der Waals surface area contributed by atoms with Gasteiger partial charge in [0, 0.05) is 45.5 Å². The van der Waals surface area contributed by atoms with Gasteiger partial charge in [0.1, 0.15) is 12.4 Å². The van der Waals surface area contributed by atoms with Gasteiger partial charge in [0.05, 0.1) is 5.69 Å². The minimum Gasteiger partial charge on any atom is -0.488 e. The number of nitrogens with one attached hydrogen (secondary N) is 1. The van der Waals surface area contributed by atoms with Crippen LogP contribution in [0.2, 0.25) is 10.0 Å². The molecule has 0 spiro atoms. The van der Waals surface area contributed by atoms with Crippen LogP contribution in [0.3, 0.4) is 0 Å². The van der Waals surface area contributed by atoms with Gasteiger partial charge >= 0.3 is 0 Å². The number of fused-ring (bicyclic) bond motifs is 3. The molecule has 0 aliphatic carbocycles. The molecule has 0 atom stereocenters. The molecule has 0 bridgehead atoms. The second-order valence-electron chi connectivity index (χ2n) is 8.34. The molecule has 172 valence electrons. The number of aromatic nitrogens is 1. The molecule has 0 fully saturated rings. The fourth-order valence-electron chi connectivity index (χ4n) is 4.41. The molecule has 1 N–H and O–H groups in total. The highest BCUT2D eigenvalue weighted by Gasteiger charge is 2.24. The third-order valence-electron chi connectivity index (χ3n) is 6.00. The number of benzene rings is 3. The number of amides is 1. The number of carbonyl (C=O) groups is 1. The number of halogens is 2. The molecule has 0 unspecified atom stereocenters. The van der Waals surface area contributed by atoms with Gasteiger partial charge in [-0.3, -0.25) is 4.79 Å². The summed E-state index contributed by atoms with van der Waals surface area (Å²) in [6.07, 6.45) is 1.76. The van der Waals surface area contributed by atoms with Crippen molar-refractivity contribution in [2.45, 2.75) is 25.9 Å². The minimum absolute atomic E-state index is 0.0282. The quantitative estimate of drug-likeness (QED) is 0.315. The summed E-state index contributed by atoms with van der Waals surface area (Å²) in [5.74, 6) is 0.897. The summed E-state index contributed by atoms with van der Waals surface area (Å²) in [5.41, 5.74) is 6.47. The van der Waals surface area contributed by atoms with Crippen LogP contribution < -0.4 is 10.1 Å². The Hall–Kier alpha value is -3.21. The Kier molecular flexibility index (Phi) is 6.61. The van der Waals surface area contributed by atoms with Crippen LogP contribution in [-0.2, 0) is 24.2 Å². The molecular formula is C28H24Cl2N2O2. The van der Waals surface area contributed by atoms with Crippen molar-refractivity contribution in [2.75, 3.05) is 6.54 Å². The number of carbonyl (C=O) groups excluding carboxylic acids is 1. The molecule has 1 aromatic heterocycles. The molecule has 0 saturated heterocycles. The fraction of sp³-hybridized carbons (Fsp3) is 0.179. The van der Waals surface area contributed by atoms with Crippen LogP contribution in [0, 0.1) is 0 Å². The van der Waals surface area contributed by atoms with Crippen molar-refractivity contribution < 1.29 is 9.53 Å². The Balaban J connectivity index is 1.35. The number of nitrogens with zero attached hydrogens (tertiary/aromatic N) is 1. The molecule has 6 heteroatoms. The van der Waals surface area contributed by atoms with E-state index in [-0.39, 0.29) is 5.91 Å². The highest BCUT2D eigenvalue weighted by atomic mass is 35.5. The van der Waals surface area contributed by atoms with E-state index in [4.69, 9.17) is 27.9 Å². The molecule has 4 aromatic rings. The first kappa shape index (κ1) is 22.6. The van der Waals surface area contributed by atoms with Crippen molar-refractivity contribution in [3.63, 3.8) is 0 Å². The van der Waals surface area contributed by atoms with Gasteiger partial charge in [-0.15, -0.1) is 0 Å². The largest absolute Gasteiger partial charge is 0.488 e. The van der Waals surface area contributed by atoms with E-state index in [1.807, 2.05) is 66.7 Å². The van der Waals surface area contributed by atoms with E-state index in [2.05, 4.69) is 22.0 Å². The Morgan fingerprint density at radius 1 is 0.912 bits per heavy atom. The first-order chi connectivity index (χ1) is 16.6. The number of rotatable bonds is 7. The van der Waals surface area contributed by atoms with Crippen molar-refractivity contribution in [2.24, 2.45) is 0 Å². The Bertz CT molecular complexity index is 1330. The number of hydrogen-bond donors (Lipinski definition) is 1. The molecule has 3 aromatic carbocycles. The maximum atomic E-state index is 12.6. The van der Waals surface area contributed by atoms with E-state index in [1.54, 1.807) is 0 Å². The number of ether oxygens (including phenoxy) is 1. The van der Waals surface area contributed by atoms with Crippen molar-refractivity contribution >= 4 is 29.1 Å². The van der Waals surface area contributed by atoms with Crippen molar-refractivity contribution in [3.8, 4) is 22.7 Å². The summed E-state index contributed by atoms with van der Waals surface area (Å²) in [7, 11) is 0. The van der Waals surface area contributed by atoms with E-state index < -0.39 is 0 Å². The summed E-state index contributed by atoms with van der Waals surface area (Å²) in [6.45, 7) is 1.08. The second-order valence-corrected chi connectivity index (χ2v) is 9.21. The van der Waals surface area contributed by atoms with Crippen molar-refractivity contribution in [1.82, 2.24) is 9.88 Å². The standard InChI is InChI=1S/C28H24Cl2N2O2/c29-21-8-10-23(11-9-21)32-24(17-20-18-34-26-7-2-1-6-25(26)28(20)32)12-13-27(33)31-15-14-19-4-3-5-22(30)16-19/h1-11,16-17H,12-15,18H2,(H,31,33). The second kappa shape index (κ2) is 9.96. The van der Waals surface area contributed by atoms with Crippen LogP contribution in [0.4, 0.5) is 0 Å². The topological polar surface area (TPSA) is 43.3 Å². The van der Waals surface area contributed by atoms with Gasteiger partial charge in [-0.05, 0) is 73.0 Å². The van der Waals surface area contributed by atoms with Crippen LogP contribution in [0.1, 0.15) is 23.2 Å². The fourth-order valence-corrected chi connectivity index (χ4v) is 4.74. The number of hydrogen-bond acceptors (Lipinski definition) is 2. The summed E-state index contributed by atoms with van der Waals surface area (Å²) in [6, 6.07) is 25.7. The van der Waals surface area contributed by atoms with Crippen LogP contribution in [0.5, 0.6) is 5.75 Å². The Labute approximate surface area is 209 Å². The minimum atomic E-state index is 0.0282. The van der Waals surface area contributed by atoms with Gasteiger partial charge in [0.15, 0.2) is 0 Å². The van der Waals surface area contributed by atoms with Gasteiger partial charge in [-0.25, -0.2) is 0 Å². The molecule has 4 nitrogen and oxygen atoms in total. The molecule has 1 aliphatic heterocycles. The third kappa shape index (κ3) is 4.84. The molecule has 2 heterocycles. The lowest BCUT2D eigenvalue weighted by atomic mass is 10.0. The van der Waals surface area contributed by atoms with Crippen molar-refractivity contribution in [3.05, 3.63) is 106 Å². The maximum absolute atomic E-state index is 12.6. The van der Waals surface area contributed by atoms with Crippen molar-refractivity contribution in [1.29, 1.82) is 0 Å². The zero-order valence-electron chi connectivity index (χ0n) is 18.6. The molecule has 1 aliphatic rings. The molecule has 1 amide bonds. The van der Waals surface area contributed by atoms with E-state index in [0.29, 0.717) is 36.0 Å². The lowest BCUT2D eigenvalue weighted by Crippen LogP contribution is -2.26. The Morgan fingerprint density at radius 2 is 1.74 bits per heavy atom. The molecule has 0 saturated carbocycles. The van der Waals surface area contributed by atoms with Gasteiger partial charge in [0.25, 0.3) is 0 Å². The first-order valence-electron chi connectivity index (χ1n) is 11.3. The highest BCUT2D eigenvalue weighted by Crippen LogP contribution is 2.41. The zero-order valence-corrected chi connectivity index (χ0v) is 20.1. The van der Waals surface area contributed by atoms with Crippen LogP contribution in [-0.4, -0.2) is 17.0 Å². The predicted molar refractivity (Wildman–Crippen MR) is 137 cm³/mol. The van der Waals surface area contributed by atoms with Crippen LogP contribution >= 0.6 is 23.2 Å². The van der Waals surface area contributed by atoms with Gasteiger partial charge < -0.3 is 14.6 Å². The van der Waals surface area contributed by atoms with E-state index in [0.717, 1.165) is 45.9 Å². The molecule has 0 radical (unpaired) electrons. The average molecular weight is 491 g/mol. The van der Waals surface area contributed by atoms with E-state index in [1.165, 1.54) is 0 Å². The normalized spacial score (nSPS) is 11.9. The summed E-state index contributed by atoms with van der Waals surface area (Å²) >= 11 is 12.2. The third-order valence-corrected chi connectivity index (χ3v) is 6.49. The monoisotopic (exact) mass is 490 g/mol. The van der Waals surface area contributed by atoms with Gasteiger partial charge in [0.2, 0.25) is 5.91 Å². The smallest absolute Gasteiger partial charge is 0.220 e. The van der Waals surface area contributed by atoms with Crippen LogP contribution in [0.15, 0.2) is 78.9 Å². The lowest BCUT2D eigenvalue weighted by Gasteiger charge is -2.21. The maximum Gasteiger partial charge on any atom is 0.220 e. The molecule has 34 heavy (non-hydrogen) atoms. The number of aryl methyl sites for hydroxylation is 1. The van der Waals surface area contributed by atoms with Gasteiger partial charge in [-0.1, -0.05) is 47.5 Å². The summed E-state index contributed by atoms with van der Waals surface area (Å²) < 4.78 is 8.21. The lowest BCUT2D eigenvalue weighted by molar-refractivity contribution is -0.121. The number of para-hydroxylation sites is 1.